The Hall–Kier alpha value is -1.42. The molecule has 1 aliphatic rings. The first-order valence-electron chi connectivity index (χ1n) is 6.75. The molecule has 0 radical (unpaired) electrons. The molecular formula is C15H21FN2O. The molecule has 1 amide bonds. The number of amides is 1. The summed E-state index contributed by atoms with van der Waals surface area (Å²) in [6, 6.07) is 4.79. The van der Waals surface area contributed by atoms with Crippen molar-refractivity contribution in [2.24, 2.45) is 17.6 Å². The first-order valence-corrected chi connectivity index (χ1v) is 6.75. The summed E-state index contributed by atoms with van der Waals surface area (Å²) in [5, 5.41) is 0. The highest BCUT2D eigenvalue weighted by atomic mass is 19.1. The van der Waals surface area contributed by atoms with E-state index in [0.29, 0.717) is 31.3 Å². The van der Waals surface area contributed by atoms with Gasteiger partial charge in [-0.2, -0.15) is 0 Å². The van der Waals surface area contributed by atoms with Gasteiger partial charge in [-0.15, -0.1) is 0 Å². The summed E-state index contributed by atoms with van der Waals surface area (Å²) in [7, 11) is 0. The lowest BCUT2D eigenvalue weighted by atomic mass is 9.95. The lowest BCUT2D eigenvalue weighted by molar-refractivity contribution is -0.128. The molecule has 19 heavy (non-hydrogen) atoms. The minimum Gasteiger partial charge on any atom is -0.338 e. The predicted octanol–water partition coefficient (Wildman–Crippen LogP) is 2.29. The molecule has 104 valence electrons. The number of nitrogens with zero attached hydrogens (tertiary/aromatic N) is 1. The number of hydrogen-bond acceptors (Lipinski definition) is 2. The van der Waals surface area contributed by atoms with Gasteiger partial charge < -0.3 is 10.6 Å². The molecule has 1 aliphatic heterocycles. The molecule has 1 aromatic rings. The van der Waals surface area contributed by atoms with Gasteiger partial charge in [-0.05, 0) is 35.1 Å². The zero-order valence-electron chi connectivity index (χ0n) is 11.5. The van der Waals surface area contributed by atoms with Crippen LogP contribution in [0.1, 0.15) is 31.4 Å². The van der Waals surface area contributed by atoms with Gasteiger partial charge >= 0.3 is 0 Å². The minimum atomic E-state index is -0.287. The average Bonchev–Trinajstić information content (AvgIpc) is 2.70. The summed E-state index contributed by atoms with van der Waals surface area (Å²) < 4.78 is 13.4. The SMILES string of the molecule is CC(C)C1CC(=O)N(Cc2cc(F)cc(CN)c2)C1. The molecule has 2 rings (SSSR count). The van der Waals surface area contributed by atoms with E-state index in [1.807, 2.05) is 11.0 Å². The summed E-state index contributed by atoms with van der Waals surface area (Å²) in [5.41, 5.74) is 7.12. The average molecular weight is 264 g/mol. The highest BCUT2D eigenvalue weighted by Crippen LogP contribution is 2.26. The smallest absolute Gasteiger partial charge is 0.223 e. The normalized spacial score (nSPS) is 19.5. The summed E-state index contributed by atoms with van der Waals surface area (Å²) >= 11 is 0. The topological polar surface area (TPSA) is 46.3 Å². The van der Waals surface area contributed by atoms with Crippen molar-refractivity contribution in [1.82, 2.24) is 4.90 Å². The van der Waals surface area contributed by atoms with Crippen LogP contribution in [0.25, 0.3) is 0 Å². The van der Waals surface area contributed by atoms with Gasteiger partial charge in [0.2, 0.25) is 5.91 Å². The largest absolute Gasteiger partial charge is 0.338 e. The number of hydrogen-bond donors (Lipinski definition) is 1. The van der Waals surface area contributed by atoms with E-state index in [9.17, 15) is 9.18 Å². The van der Waals surface area contributed by atoms with Gasteiger partial charge in [0.1, 0.15) is 5.82 Å². The number of halogens is 1. The highest BCUT2D eigenvalue weighted by Gasteiger charge is 2.31. The third-order valence-corrected chi connectivity index (χ3v) is 3.81. The second-order valence-corrected chi connectivity index (χ2v) is 5.65. The first-order chi connectivity index (χ1) is 8.99. The summed E-state index contributed by atoms with van der Waals surface area (Å²) in [6.07, 6.45) is 0.608. The van der Waals surface area contributed by atoms with Crippen LogP contribution in [0.2, 0.25) is 0 Å². The van der Waals surface area contributed by atoms with Crippen LogP contribution >= 0.6 is 0 Å². The standard InChI is InChI=1S/C15H21FN2O/c1-10(2)13-6-15(19)18(9-13)8-12-3-11(7-17)4-14(16)5-12/h3-5,10,13H,6-9,17H2,1-2H3. The maximum absolute atomic E-state index is 13.4. The van der Waals surface area contributed by atoms with Crippen molar-refractivity contribution >= 4 is 5.91 Å². The third kappa shape index (κ3) is 3.32. The molecule has 0 bridgehead atoms. The molecule has 1 aromatic carbocycles. The Balaban J connectivity index is 2.09. The zero-order chi connectivity index (χ0) is 14.0. The lowest BCUT2D eigenvalue weighted by Crippen LogP contribution is -2.25. The van der Waals surface area contributed by atoms with Crippen molar-refractivity contribution in [3.05, 3.63) is 35.1 Å². The second kappa shape index (κ2) is 5.70. The molecule has 1 heterocycles. The third-order valence-electron chi connectivity index (χ3n) is 3.81. The Morgan fingerprint density at radius 1 is 1.37 bits per heavy atom. The van der Waals surface area contributed by atoms with Crippen molar-refractivity contribution in [3.8, 4) is 0 Å². The summed E-state index contributed by atoms with van der Waals surface area (Å²) in [4.78, 5) is 13.8. The van der Waals surface area contributed by atoms with Crippen LogP contribution in [-0.4, -0.2) is 17.4 Å². The number of rotatable bonds is 4. The summed E-state index contributed by atoms with van der Waals surface area (Å²) in [6.45, 7) is 5.83. The van der Waals surface area contributed by atoms with Crippen molar-refractivity contribution in [1.29, 1.82) is 0 Å². The van der Waals surface area contributed by atoms with Crippen LogP contribution in [0.3, 0.4) is 0 Å². The van der Waals surface area contributed by atoms with E-state index in [0.717, 1.165) is 17.7 Å². The number of carbonyl (C=O) groups is 1. The Labute approximate surface area is 113 Å². The number of benzene rings is 1. The number of carbonyl (C=O) groups excluding carboxylic acids is 1. The van der Waals surface area contributed by atoms with E-state index < -0.39 is 0 Å². The van der Waals surface area contributed by atoms with E-state index in [4.69, 9.17) is 5.73 Å². The minimum absolute atomic E-state index is 0.164. The van der Waals surface area contributed by atoms with Crippen molar-refractivity contribution < 1.29 is 9.18 Å². The Morgan fingerprint density at radius 2 is 2.05 bits per heavy atom. The maximum Gasteiger partial charge on any atom is 0.223 e. The molecule has 0 aromatic heterocycles. The molecule has 1 atom stereocenters. The molecule has 0 saturated carbocycles. The number of nitrogens with two attached hydrogens (primary N) is 1. The van der Waals surface area contributed by atoms with Crippen LogP contribution in [-0.2, 0) is 17.9 Å². The fourth-order valence-corrected chi connectivity index (χ4v) is 2.55. The van der Waals surface area contributed by atoms with Crippen LogP contribution in [0, 0.1) is 17.7 Å². The van der Waals surface area contributed by atoms with Crippen LogP contribution in [0.15, 0.2) is 18.2 Å². The Morgan fingerprint density at radius 3 is 2.63 bits per heavy atom. The second-order valence-electron chi connectivity index (χ2n) is 5.65. The zero-order valence-corrected chi connectivity index (χ0v) is 11.5. The number of likely N-dealkylation sites (tertiary alicyclic amines) is 1. The van der Waals surface area contributed by atoms with Crippen LogP contribution in [0.5, 0.6) is 0 Å². The van der Waals surface area contributed by atoms with Gasteiger partial charge in [-0.3, -0.25) is 4.79 Å². The van der Waals surface area contributed by atoms with Crippen molar-refractivity contribution in [2.45, 2.75) is 33.4 Å². The highest BCUT2D eigenvalue weighted by molar-refractivity contribution is 5.78. The Bertz CT molecular complexity index is 473. The van der Waals surface area contributed by atoms with Crippen LogP contribution < -0.4 is 5.73 Å². The van der Waals surface area contributed by atoms with E-state index in [1.165, 1.54) is 12.1 Å². The monoisotopic (exact) mass is 264 g/mol. The molecule has 0 aliphatic carbocycles. The molecule has 1 unspecified atom stereocenters. The van der Waals surface area contributed by atoms with E-state index in [-0.39, 0.29) is 11.7 Å². The first kappa shape index (κ1) is 14.0. The molecule has 3 nitrogen and oxygen atoms in total. The molecule has 2 N–H and O–H groups in total. The molecule has 1 saturated heterocycles. The van der Waals surface area contributed by atoms with Crippen molar-refractivity contribution in [2.75, 3.05) is 6.54 Å². The quantitative estimate of drug-likeness (QED) is 0.907. The van der Waals surface area contributed by atoms with Crippen molar-refractivity contribution in [3.63, 3.8) is 0 Å². The van der Waals surface area contributed by atoms with Gasteiger partial charge in [-0.25, -0.2) is 4.39 Å². The van der Waals surface area contributed by atoms with Gasteiger partial charge in [0.15, 0.2) is 0 Å². The van der Waals surface area contributed by atoms with Gasteiger partial charge in [-0.1, -0.05) is 19.9 Å². The van der Waals surface area contributed by atoms with Gasteiger partial charge in [0, 0.05) is 26.1 Å². The molecule has 1 fully saturated rings. The molecular weight excluding hydrogens is 243 g/mol. The molecule has 0 spiro atoms. The van der Waals surface area contributed by atoms with E-state index >= 15 is 0 Å². The van der Waals surface area contributed by atoms with Crippen LogP contribution in [0.4, 0.5) is 4.39 Å². The lowest BCUT2D eigenvalue weighted by Gasteiger charge is -2.18. The Kier molecular flexibility index (Phi) is 4.20. The molecule has 4 heteroatoms. The fourth-order valence-electron chi connectivity index (χ4n) is 2.55. The predicted molar refractivity (Wildman–Crippen MR) is 72.7 cm³/mol. The maximum atomic E-state index is 13.4. The van der Waals surface area contributed by atoms with E-state index in [1.54, 1.807) is 0 Å². The van der Waals surface area contributed by atoms with E-state index in [2.05, 4.69) is 13.8 Å². The van der Waals surface area contributed by atoms with Gasteiger partial charge in [0.25, 0.3) is 0 Å². The fraction of sp³-hybridized carbons (Fsp3) is 0.533. The van der Waals surface area contributed by atoms with Gasteiger partial charge in [0.05, 0.1) is 0 Å². The summed E-state index contributed by atoms with van der Waals surface area (Å²) in [5.74, 6) is 0.790.